The molecule has 0 saturated carbocycles. The first-order valence-electron chi connectivity index (χ1n) is 7.41. The van der Waals surface area contributed by atoms with Gasteiger partial charge in [-0.15, -0.1) is 0 Å². The maximum absolute atomic E-state index is 12.3. The van der Waals surface area contributed by atoms with Gasteiger partial charge in [0.2, 0.25) is 0 Å². The molecule has 25 heavy (non-hydrogen) atoms. The van der Waals surface area contributed by atoms with Crippen LogP contribution in [0.25, 0.3) is 6.08 Å². The number of rotatable bonds is 5. The summed E-state index contributed by atoms with van der Waals surface area (Å²) in [6, 6.07) is 15.1. The number of hydrogen-bond acceptors (Lipinski definition) is 5. The zero-order valence-electron chi connectivity index (χ0n) is 13.4. The standard InChI is InChI=1S/C19H14BrNO4/c1-2-24-18(22)15(12-21)11-14-5-3-4-6-17(14)25-19(23)13-7-9-16(20)10-8-13/h3-11H,2H2,1H3/b15-11+. The number of carbonyl (C=O) groups is 2. The van der Waals surface area contributed by atoms with E-state index in [1.165, 1.54) is 6.08 Å². The van der Waals surface area contributed by atoms with Crippen molar-refractivity contribution in [3.63, 3.8) is 0 Å². The second-order valence-corrected chi connectivity index (χ2v) is 5.74. The molecule has 0 heterocycles. The van der Waals surface area contributed by atoms with Crippen LogP contribution in [-0.2, 0) is 9.53 Å². The predicted molar refractivity (Wildman–Crippen MR) is 95.8 cm³/mol. The van der Waals surface area contributed by atoms with E-state index in [9.17, 15) is 9.59 Å². The molecule has 2 aromatic carbocycles. The Morgan fingerprint density at radius 3 is 2.48 bits per heavy atom. The van der Waals surface area contributed by atoms with Gasteiger partial charge in [-0.3, -0.25) is 0 Å². The number of hydrogen-bond donors (Lipinski definition) is 0. The first-order valence-corrected chi connectivity index (χ1v) is 8.20. The quantitative estimate of drug-likeness (QED) is 0.326. The van der Waals surface area contributed by atoms with Crippen molar-refractivity contribution in [3.05, 3.63) is 69.7 Å². The second-order valence-electron chi connectivity index (χ2n) is 4.82. The van der Waals surface area contributed by atoms with Crippen LogP contribution in [0, 0.1) is 11.3 Å². The average molecular weight is 400 g/mol. The molecule has 0 aliphatic heterocycles. The van der Waals surface area contributed by atoms with Crippen molar-refractivity contribution in [1.82, 2.24) is 0 Å². The Labute approximate surface area is 153 Å². The summed E-state index contributed by atoms with van der Waals surface area (Å²) in [5.74, 6) is -1.02. The van der Waals surface area contributed by atoms with Crippen LogP contribution in [0.2, 0.25) is 0 Å². The van der Waals surface area contributed by atoms with Gasteiger partial charge in [0.1, 0.15) is 17.4 Å². The van der Waals surface area contributed by atoms with E-state index in [4.69, 9.17) is 14.7 Å². The van der Waals surface area contributed by atoms with Gasteiger partial charge < -0.3 is 9.47 Å². The van der Waals surface area contributed by atoms with Crippen molar-refractivity contribution < 1.29 is 19.1 Å². The molecule has 2 rings (SSSR count). The molecule has 0 atom stereocenters. The van der Waals surface area contributed by atoms with E-state index in [1.54, 1.807) is 61.5 Å². The van der Waals surface area contributed by atoms with Crippen molar-refractivity contribution in [1.29, 1.82) is 5.26 Å². The highest BCUT2D eigenvalue weighted by Gasteiger charge is 2.14. The van der Waals surface area contributed by atoms with Crippen LogP contribution in [0.1, 0.15) is 22.8 Å². The van der Waals surface area contributed by atoms with E-state index < -0.39 is 11.9 Å². The predicted octanol–water partition coefficient (Wildman–Crippen LogP) is 4.14. The minimum atomic E-state index is -0.723. The summed E-state index contributed by atoms with van der Waals surface area (Å²) in [6.07, 6.45) is 1.34. The fourth-order valence-electron chi connectivity index (χ4n) is 1.94. The smallest absolute Gasteiger partial charge is 0.348 e. The Kier molecular flexibility index (Phi) is 6.49. The van der Waals surface area contributed by atoms with E-state index in [-0.39, 0.29) is 17.9 Å². The molecule has 0 bridgehead atoms. The molecule has 6 heteroatoms. The van der Waals surface area contributed by atoms with Crippen LogP contribution in [0.15, 0.2) is 58.6 Å². The molecule has 0 aromatic heterocycles. The summed E-state index contributed by atoms with van der Waals surface area (Å²) in [4.78, 5) is 24.0. The minimum Gasteiger partial charge on any atom is -0.462 e. The van der Waals surface area contributed by atoms with Gasteiger partial charge in [0.05, 0.1) is 12.2 Å². The second kappa shape index (κ2) is 8.81. The number of nitriles is 1. The van der Waals surface area contributed by atoms with E-state index in [1.807, 2.05) is 0 Å². The van der Waals surface area contributed by atoms with Gasteiger partial charge in [-0.1, -0.05) is 34.1 Å². The highest BCUT2D eigenvalue weighted by atomic mass is 79.9. The number of nitrogens with zero attached hydrogens (tertiary/aromatic N) is 1. The third-order valence-electron chi connectivity index (χ3n) is 3.12. The van der Waals surface area contributed by atoms with Crippen LogP contribution >= 0.6 is 15.9 Å². The molecular weight excluding hydrogens is 386 g/mol. The molecular formula is C19H14BrNO4. The van der Waals surface area contributed by atoms with Gasteiger partial charge in [-0.25, -0.2) is 9.59 Å². The number of benzene rings is 2. The normalized spacial score (nSPS) is 10.7. The van der Waals surface area contributed by atoms with Crippen molar-refractivity contribution in [2.75, 3.05) is 6.61 Å². The zero-order chi connectivity index (χ0) is 18.2. The van der Waals surface area contributed by atoms with Crippen LogP contribution < -0.4 is 4.74 Å². The summed E-state index contributed by atoms with van der Waals surface area (Å²) in [5, 5.41) is 9.13. The van der Waals surface area contributed by atoms with Crippen LogP contribution in [0.4, 0.5) is 0 Å². The van der Waals surface area contributed by atoms with E-state index in [0.717, 1.165) is 4.47 Å². The lowest BCUT2D eigenvalue weighted by atomic mass is 10.1. The van der Waals surface area contributed by atoms with E-state index in [0.29, 0.717) is 11.1 Å². The van der Waals surface area contributed by atoms with Crippen molar-refractivity contribution in [2.24, 2.45) is 0 Å². The molecule has 0 radical (unpaired) electrons. The first kappa shape index (κ1) is 18.4. The van der Waals surface area contributed by atoms with Gasteiger partial charge in [0.25, 0.3) is 0 Å². The minimum absolute atomic E-state index is 0.165. The van der Waals surface area contributed by atoms with Gasteiger partial charge in [-0.2, -0.15) is 5.26 Å². The molecule has 0 saturated heterocycles. The molecule has 0 aliphatic carbocycles. The molecule has 2 aromatic rings. The fraction of sp³-hybridized carbons (Fsp3) is 0.105. The molecule has 5 nitrogen and oxygen atoms in total. The molecule has 0 unspecified atom stereocenters. The molecule has 0 N–H and O–H groups in total. The van der Waals surface area contributed by atoms with Gasteiger partial charge >= 0.3 is 11.9 Å². The highest BCUT2D eigenvalue weighted by Crippen LogP contribution is 2.23. The maximum atomic E-state index is 12.3. The number of halogens is 1. The Balaban J connectivity index is 2.28. The van der Waals surface area contributed by atoms with Crippen LogP contribution in [0.3, 0.4) is 0 Å². The number of carbonyl (C=O) groups excluding carboxylic acids is 2. The summed E-state index contributed by atoms with van der Waals surface area (Å²) in [6.45, 7) is 1.82. The largest absolute Gasteiger partial charge is 0.462 e. The Hall–Kier alpha value is -2.91. The maximum Gasteiger partial charge on any atom is 0.348 e. The molecule has 0 aliphatic rings. The number of ether oxygens (including phenoxy) is 2. The number of para-hydroxylation sites is 1. The lowest BCUT2D eigenvalue weighted by molar-refractivity contribution is -0.137. The molecule has 126 valence electrons. The first-order chi connectivity index (χ1) is 12.0. The molecule has 0 fully saturated rings. The fourth-order valence-corrected chi connectivity index (χ4v) is 2.20. The van der Waals surface area contributed by atoms with Crippen LogP contribution in [-0.4, -0.2) is 18.5 Å². The zero-order valence-corrected chi connectivity index (χ0v) is 14.9. The third-order valence-corrected chi connectivity index (χ3v) is 3.65. The molecule has 0 amide bonds. The van der Waals surface area contributed by atoms with Gasteiger partial charge in [0, 0.05) is 10.0 Å². The lowest BCUT2D eigenvalue weighted by Gasteiger charge is -2.08. The van der Waals surface area contributed by atoms with Crippen molar-refractivity contribution in [2.45, 2.75) is 6.92 Å². The summed E-state index contributed by atoms with van der Waals surface area (Å²) >= 11 is 3.30. The Morgan fingerprint density at radius 1 is 1.16 bits per heavy atom. The summed E-state index contributed by atoms with van der Waals surface area (Å²) in [7, 11) is 0. The highest BCUT2D eigenvalue weighted by molar-refractivity contribution is 9.10. The van der Waals surface area contributed by atoms with E-state index in [2.05, 4.69) is 15.9 Å². The number of esters is 2. The van der Waals surface area contributed by atoms with E-state index >= 15 is 0 Å². The Bertz CT molecular complexity index is 850. The molecule has 0 spiro atoms. The SMILES string of the molecule is CCOC(=O)/C(C#N)=C/c1ccccc1OC(=O)c1ccc(Br)cc1. The third kappa shape index (κ3) is 5.03. The van der Waals surface area contributed by atoms with Crippen molar-refractivity contribution >= 4 is 33.9 Å². The Morgan fingerprint density at radius 2 is 1.84 bits per heavy atom. The average Bonchev–Trinajstić information content (AvgIpc) is 2.61. The monoisotopic (exact) mass is 399 g/mol. The summed E-state index contributed by atoms with van der Waals surface area (Å²) in [5.41, 5.74) is 0.638. The van der Waals surface area contributed by atoms with Gasteiger partial charge in [0.15, 0.2) is 0 Å². The van der Waals surface area contributed by atoms with Crippen molar-refractivity contribution in [3.8, 4) is 11.8 Å². The summed E-state index contributed by atoms with van der Waals surface area (Å²) < 4.78 is 11.1. The van der Waals surface area contributed by atoms with Crippen LogP contribution in [0.5, 0.6) is 5.75 Å². The topological polar surface area (TPSA) is 76.4 Å². The lowest BCUT2D eigenvalue weighted by Crippen LogP contribution is -2.09. The van der Waals surface area contributed by atoms with Gasteiger partial charge in [-0.05, 0) is 43.3 Å².